The highest BCUT2D eigenvalue weighted by molar-refractivity contribution is 9.10. The number of ether oxygens (including phenoxy) is 2. The van der Waals surface area contributed by atoms with Gasteiger partial charge in [-0.3, -0.25) is 0 Å². The van der Waals surface area contributed by atoms with Gasteiger partial charge in [-0.15, -0.1) is 0 Å². The van der Waals surface area contributed by atoms with E-state index in [1.165, 1.54) is 0 Å². The second-order valence-electron chi connectivity index (χ2n) is 4.84. The third-order valence-electron chi connectivity index (χ3n) is 2.06. The van der Waals surface area contributed by atoms with Crippen LogP contribution < -0.4 is 5.73 Å². The van der Waals surface area contributed by atoms with E-state index in [9.17, 15) is 4.79 Å². The van der Waals surface area contributed by atoms with Crippen LogP contribution in [0.25, 0.3) is 0 Å². The minimum Gasteiger partial charge on any atom is -0.460 e. The zero-order chi connectivity index (χ0) is 13.8. The van der Waals surface area contributed by atoms with Crippen LogP contribution in [-0.4, -0.2) is 24.8 Å². The molecule has 1 rings (SSSR count). The molecule has 0 aliphatic carbocycles. The molecule has 18 heavy (non-hydrogen) atoms. The summed E-state index contributed by atoms with van der Waals surface area (Å²) < 4.78 is 11.2. The molecule has 1 aromatic carbocycles. The van der Waals surface area contributed by atoms with Gasteiger partial charge in [-0.25, -0.2) is 4.79 Å². The zero-order valence-electron chi connectivity index (χ0n) is 10.8. The molecule has 0 aliphatic heterocycles. The molecule has 0 spiro atoms. The van der Waals surface area contributed by atoms with Crippen molar-refractivity contribution in [3.05, 3.63) is 28.2 Å². The Balaban J connectivity index is 2.48. The molecule has 0 fully saturated rings. The lowest BCUT2D eigenvalue weighted by molar-refractivity contribution is -0.0281. The average Bonchev–Trinajstić information content (AvgIpc) is 2.26. The summed E-state index contributed by atoms with van der Waals surface area (Å²) in [6, 6.07) is 5.01. The minimum absolute atomic E-state index is 0.220. The maximum absolute atomic E-state index is 11.8. The van der Waals surface area contributed by atoms with Crippen LogP contribution in [-0.2, 0) is 9.47 Å². The third-order valence-corrected chi connectivity index (χ3v) is 2.75. The molecule has 0 aliphatic rings. The Morgan fingerprint density at radius 3 is 2.61 bits per heavy atom. The van der Waals surface area contributed by atoms with Crippen LogP contribution in [0.15, 0.2) is 22.7 Å². The first-order valence-electron chi connectivity index (χ1n) is 5.66. The summed E-state index contributed by atoms with van der Waals surface area (Å²) >= 11 is 3.28. The Morgan fingerprint density at radius 2 is 2.00 bits per heavy atom. The van der Waals surface area contributed by atoms with E-state index in [0.29, 0.717) is 22.3 Å². The largest absolute Gasteiger partial charge is 0.460 e. The smallest absolute Gasteiger partial charge is 0.339 e. The number of esters is 1. The van der Waals surface area contributed by atoms with Gasteiger partial charge in [0.25, 0.3) is 0 Å². The van der Waals surface area contributed by atoms with Crippen LogP contribution in [0.4, 0.5) is 5.69 Å². The standard InChI is InChI=1S/C13H18BrNO3/c1-13(2,3)18-7-6-17-12(16)10-8-9(15)4-5-11(10)14/h4-5,8H,6-7,15H2,1-3H3. The van der Waals surface area contributed by atoms with Gasteiger partial charge in [0, 0.05) is 10.2 Å². The van der Waals surface area contributed by atoms with Gasteiger partial charge in [-0.1, -0.05) is 0 Å². The maximum atomic E-state index is 11.8. The lowest BCUT2D eigenvalue weighted by Crippen LogP contribution is -2.22. The molecule has 5 heteroatoms. The van der Waals surface area contributed by atoms with E-state index >= 15 is 0 Å². The number of nitrogens with two attached hydrogens (primary N) is 1. The molecule has 100 valence electrons. The Morgan fingerprint density at radius 1 is 1.33 bits per heavy atom. The molecular formula is C13H18BrNO3. The van der Waals surface area contributed by atoms with E-state index in [0.717, 1.165) is 0 Å². The summed E-state index contributed by atoms with van der Waals surface area (Å²) in [4.78, 5) is 11.8. The Labute approximate surface area is 116 Å². The molecule has 2 N–H and O–H groups in total. The molecular weight excluding hydrogens is 298 g/mol. The molecule has 0 radical (unpaired) electrons. The average molecular weight is 316 g/mol. The van der Waals surface area contributed by atoms with Crippen LogP contribution in [0.5, 0.6) is 0 Å². The van der Waals surface area contributed by atoms with Crippen molar-refractivity contribution < 1.29 is 14.3 Å². The fourth-order valence-electron chi connectivity index (χ4n) is 1.26. The lowest BCUT2D eigenvalue weighted by atomic mass is 10.2. The molecule has 0 amide bonds. The van der Waals surface area contributed by atoms with Gasteiger partial charge < -0.3 is 15.2 Å². The number of anilines is 1. The van der Waals surface area contributed by atoms with Crippen LogP contribution in [0.2, 0.25) is 0 Å². The number of hydrogen-bond acceptors (Lipinski definition) is 4. The molecule has 0 saturated heterocycles. The Hall–Kier alpha value is -1.07. The second-order valence-corrected chi connectivity index (χ2v) is 5.69. The van der Waals surface area contributed by atoms with Gasteiger partial charge in [-0.2, -0.15) is 0 Å². The zero-order valence-corrected chi connectivity index (χ0v) is 12.4. The van der Waals surface area contributed by atoms with E-state index in [2.05, 4.69) is 15.9 Å². The number of nitrogen functional groups attached to an aromatic ring is 1. The SMILES string of the molecule is CC(C)(C)OCCOC(=O)c1cc(N)ccc1Br. The van der Waals surface area contributed by atoms with Crippen LogP contribution in [0.3, 0.4) is 0 Å². The topological polar surface area (TPSA) is 61.5 Å². The first kappa shape index (κ1) is 15.0. The van der Waals surface area contributed by atoms with Crippen LogP contribution in [0.1, 0.15) is 31.1 Å². The fraction of sp³-hybridized carbons (Fsp3) is 0.462. The number of carbonyl (C=O) groups is 1. The first-order chi connectivity index (χ1) is 8.29. The van der Waals surface area contributed by atoms with E-state index in [4.69, 9.17) is 15.2 Å². The maximum Gasteiger partial charge on any atom is 0.339 e. The Bertz CT molecular complexity index is 427. The number of halogens is 1. The molecule has 0 heterocycles. The van der Waals surface area contributed by atoms with Crippen molar-refractivity contribution >= 4 is 27.6 Å². The van der Waals surface area contributed by atoms with Crippen molar-refractivity contribution in [2.45, 2.75) is 26.4 Å². The van der Waals surface area contributed by atoms with Gasteiger partial charge in [0.2, 0.25) is 0 Å². The highest BCUT2D eigenvalue weighted by Gasteiger charge is 2.13. The lowest BCUT2D eigenvalue weighted by Gasteiger charge is -2.19. The summed E-state index contributed by atoms with van der Waals surface area (Å²) in [6.07, 6.45) is 0. The van der Waals surface area contributed by atoms with Crippen molar-refractivity contribution in [3.63, 3.8) is 0 Å². The van der Waals surface area contributed by atoms with Gasteiger partial charge in [0.1, 0.15) is 6.61 Å². The normalized spacial score (nSPS) is 11.3. The number of rotatable bonds is 4. The predicted molar refractivity (Wildman–Crippen MR) is 74.5 cm³/mol. The second kappa shape index (κ2) is 6.20. The number of carbonyl (C=O) groups excluding carboxylic acids is 1. The van der Waals surface area contributed by atoms with Gasteiger partial charge in [0.15, 0.2) is 0 Å². The number of benzene rings is 1. The molecule has 0 atom stereocenters. The van der Waals surface area contributed by atoms with Crippen molar-refractivity contribution in [1.29, 1.82) is 0 Å². The van der Waals surface area contributed by atoms with E-state index in [1.54, 1.807) is 18.2 Å². The van der Waals surface area contributed by atoms with E-state index < -0.39 is 5.97 Å². The summed E-state index contributed by atoms with van der Waals surface area (Å²) in [5.41, 5.74) is 6.34. The van der Waals surface area contributed by atoms with Gasteiger partial charge in [-0.05, 0) is 54.9 Å². The molecule has 1 aromatic rings. The number of hydrogen-bond donors (Lipinski definition) is 1. The van der Waals surface area contributed by atoms with Crippen molar-refractivity contribution in [1.82, 2.24) is 0 Å². The van der Waals surface area contributed by atoms with Crippen LogP contribution in [0, 0.1) is 0 Å². The monoisotopic (exact) mass is 315 g/mol. The molecule has 0 bridgehead atoms. The minimum atomic E-state index is -0.410. The fourth-order valence-corrected chi connectivity index (χ4v) is 1.67. The highest BCUT2D eigenvalue weighted by atomic mass is 79.9. The van der Waals surface area contributed by atoms with E-state index in [-0.39, 0.29) is 12.2 Å². The summed E-state index contributed by atoms with van der Waals surface area (Å²) in [5, 5.41) is 0. The van der Waals surface area contributed by atoms with Gasteiger partial charge >= 0.3 is 5.97 Å². The predicted octanol–water partition coefficient (Wildman–Crippen LogP) is 3.00. The summed E-state index contributed by atoms with van der Waals surface area (Å²) in [7, 11) is 0. The van der Waals surface area contributed by atoms with E-state index in [1.807, 2.05) is 20.8 Å². The summed E-state index contributed by atoms with van der Waals surface area (Å²) in [5.74, 6) is -0.410. The van der Waals surface area contributed by atoms with Gasteiger partial charge in [0.05, 0.1) is 17.8 Å². The Kier molecular flexibility index (Phi) is 5.16. The molecule has 0 saturated carbocycles. The first-order valence-corrected chi connectivity index (χ1v) is 6.45. The third kappa shape index (κ3) is 5.06. The van der Waals surface area contributed by atoms with Crippen LogP contribution >= 0.6 is 15.9 Å². The molecule has 0 aromatic heterocycles. The summed E-state index contributed by atoms with van der Waals surface area (Å²) in [6.45, 7) is 6.43. The highest BCUT2D eigenvalue weighted by Crippen LogP contribution is 2.20. The quantitative estimate of drug-likeness (QED) is 0.527. The molecule has 4 nitrogen and oxygen atoms in total. The van der Waals surface area contributed by atoms with Crippen molar-refractivity contribution in [3.8, 4) is 0 Å². The van der Waals surface area contributed by atoms with Crippen molar-refractivity contribution in [2.75, 3.05) is 18.9 Å². The molecule has 0 unspecified atom stereocenters. The van der Waals surface area contributed by atoms with Crippen molar-refractivity contribution in [2.24, 2.45) is 0 Å².